The molecule has 0 aromatic carbocycles. The first kappa shape index (κ1) is 15.6. The first-order valence-electron chi connectivity index (χ1n) is 5.58. The highest BCUT2D eigenvalue weighted by Gasteiger charge is 2.04. The number of hydrogen-bond donors (Lipinski definition) is 2. The average Bonchev–Trinajstić information content (AvgIpc) is 2.27. The predicted molar refractivity (Wildman–Crippen MR) is 62.4 cm³/mol. The number of ketones is 1. The van der Waals surface area contributed by atoms with E-state index in [0.29, 0.717) is 13.2 Å². The molecule has 0 spiro atoms. The van der Waals surface area contributed by atoms with Crippen LogP contribution in [0, 0.1) is 0 Å². The number of rotatable bonds is 9. The quantitative estimate of drug-likeness (QED) is 0.542. The van der Waals surface area contributed by atoms with Crippen molar-refractivity contribution in [3.05, 3.63) is 0 Å². The molecule has 0 aliphatic heterocycles. The van der Waals surface area contributed by atoms with Gasteiger partial charge in [0.1, 0.15) is 5.78 Å². The largest absolute Gasteiger partial charge is 0.383 e. The van der Waals surface area contributed by atoms with E-state index in [9.17, 15) is 14.4 Å². The molecular weight excluding hydrogens is 224 g/mol. The summed E-state index contributed by atoms with van der Waals surface area (Å²) in [5.74, 6) is -0.351. The molecule has 0 aliphatic carbocycles. The highest BCUT2D eigenvalue weighted by Crippen LogP contribution is 1.90. The zero-order valence-corrected chi connectivity index (χ0v) is 10.4. The number of carbonyl (C=O) groups excluding carboxylic acids is 3. The van der Waals surface area contributed by atoms with Crippen molar-refractivity contribution in [1.82, 2.24) is 10.6 Å². The van der Waals surface area contributed by atoms with Crippen LogP contribution in [0.1, 0.15) is 26.2 Å². The smallest absolute Gasteiger partial charge is 0.221 e. The Morgan fingerprint density at radius 1 is 0.941 bits per heavy atom. The Balaban J connectivity index is 3.45. The van der Waals surface area contributed by atoms with Crippen molar-refractivity contribution in [2.45, 2.75) is 26.2 Å². The van der Waals surface area contributed by atoms with Crippen molar-refractivity contribution in [3.63, 3.8) is 0 Å². The molecule has 0 unspecified atom stereocenters. The van der Waals surface area contributed by atoms with Gasteiger partial charge >= 0.3 is 0 Å². The molecule has 0 heterocycles. The van der Waals surface area contributed by atoms with E-state index in [0.717, 1.165) is 0 Å². The first-order chi connectivity index (χ1) is 8.06. The van der Waals surface area contributed by atoms with Crippen molar-refractivity contribution >= 4 is 17.6 Å². The lowest BCUT2D eigenvalue weighted by atomic mass is 10.2. The van der Waals surface area contributed by atoms with Crippen LogP contribution in [0.5, 0.6) is 0 Å². The van der Waals surface area contributed by atoms with E-state index in [1.165, 1.54) is 6.92 Å². The number of amides is 2. The third-order valence-corrected chi connectivity index (χ3v) is 2.01. The van der Waals surface area contributed by atoms with Gasteiger partial charge in [0.15, 0.2) is 0 Å². The van der Waals surface area contributed by atoms with E-state index in [4.69, 9.17) is 4.74 Å². The van der Waals surface area contributed by atoms with Crippen LogP contribution in [0.25, 0.3) is 0 Å². The maximum atomic E-state index is 11.2. The van der Waals surface area contributed by atoms with Crippen LogP contribution in [-0.4, -0.2) is 44.4 Å². The fourth-order valence-electron chi connectivity index (χ4n) is 1.07. The minimum absolute atomic E-state index is 0.0162. The summed E-state index contributed by atoms with van der Waals surface area (Å²) in [6.07, 6.45) is 0.655. The molecule has 0 saturated heterocycles. The number of methoxy groups -OCH3 is 1. The lowest BCUT2D eigenvalue weighted by Gasteiger charge is -2.05. The van der Waals surface area contributed by atoms with Crippen LogP contribution in [0.2, 0.25) is 0 Å². The molecule has 17 heavy (non-hydrogen) atoms. The number of nitrogens with one attached hydrogen (secondary N) is 2. The van der Waals surface area contributed by atoms with Crippen LogP contribution >= 0.6 is 0 Å². The normalized spacial score (nSPS) is 9.76. The molecule has 0 aromatic rings. The summed E-state index contributed by atoms with van der Waals surface area (Å²) < 4.78 is 4.77. The van der Waals surface area contributed by atoms with E-state index in [1.54, 1.807) is 7.11 Å². The van der Waals surface area contributed by atoms with Crippen molar-refractivity contribution in [3.8, 4) is 0 Å². The maximum Gasteiger partial charge on any atom is 0.221 e. The van der Waals surface area contributed by atoms with Gasteiger partial charge < -0.3 is 20.2 Å². The molecule has 0 atom stereocenters. The molecule has 98 valence electrons. The van der Waals surface area contributed by atoms with Crippen LogP contribution < -0.4 is 10.6 Å². The predicted octanol–water partition coefficient (Wildman–Crippen LogP) is -0.375. The average molecular weight is 244 g/mol. The molecule has 0 bridgehead atoms. The number of carbonyl (C=O) groups is 3. The zero-order chi connectivity index (χ0) is 13.1. The Morgan fingerprint density at radius 2 is 1.53 bits per heavy atom. The summed E-state index contributed by atoms with van der Waals surface area (Å²) in [7, 11) is 1.56. The summed E-state index contributed by atoms with van der Waals surface area (Å²) in [6.45, 7) is 2.66. The van der Waals surface area contributed by atoms with E-state index >= 15 is 0 Å². The van der Waals surface area contributed by atoms with Gasteiger partial charge in [0.05, 0.1) is 6.61 Å². The number of ether oxygens (including phenoxy) is 1. The fraction of sp³-hybridized carbons (Fsp3) is 0.727. The van der Waals surface area contributed by atoms with Crippen molar-refractivity contribution in [2.24, 2.45) is 0 Å². The lowest BCUT2D eigenvalue weighted by molar-refractivity contribution is -0.125. The van der Waals surface area contributed by atoms with Crippen LogP contribution in [-0.2, 0) is 19.1 Å². The molecule has 0 saturated carbocycles. The first-order valence-corrected chi connectivity index (χ1v) is 5.58. The van der Waals surface area contributed by atoms with E-state index in [-0.39, 0.29) is 43.4 Å². The Bertz CT molecular complexity index is 266. The van der Waals surface area contributed by atoms with Crippen molar-refractivity contribution in [1.29, 1.82) is 0 Å². The fourth-order valence-corrected chi connectivity index (χ4v) is 1.07. The Morgan fingerprint density at radius 3 is 2.12 bits per heavy atom. The van der Waals surface area contributed by atoms with Gasteiger partial charge in [0.25, 0.3) is 0 Å². The zero-order valence-electron chi connectivity index (χ0n) is 10.4. The highest BCUT2D eigenvalue weighted by atomic mass is 16.5. The number of Topliss-reactive ketones (excluding diaryl/α,β-unsaturated/α-hetero) is 1. The minimum atomic E-state index is -0.204. The second-order valence-electron chi connectivity index (χ2n) is 3.64. The van der Waals surface area contributed by atoms with Crippen LogP contribution in [0.15, 0.2) is 0 Å². The van der Waals surface area contributed by atoms with E-state index in [2.05, 4.69) is 10.6 Å². The Hall–Kier alpha value is -1.43. The highest BCUT2D eigenvalue weighted by molar-refractivity contribution is 5.84. The van der Waals surface area contributed by atoms with Gasteiger partial charge in [-0.15, -0.1) is 0 Å². The van der Waals surface area contributed by atoms with Gasteiger partial charge in [-0.05, 0) is 6.92 Å². The molecule has 0 aliphatic rings. The summed E-state index contributed by atoms with van der Waals surface area (Å²) >= 11 is 0. The Kier molecular flexibility index (Phi) is 8.95. The van der Waals surface area contributed by atoms with Gasteiger partial charge in [0.2, 0.25) is 11.8 Å². The van der Waals surface area contributed by atoms with Gasteiger partial charge in [-0.25, -0.2) is 0 Å². The van der Waals surface area contributed by atoms with Crippen LogP contribution in [0.3, 0.4) is 0 Å². The monoisotopic (exact) mass is 244 g/mol. The molecule has 2 N–H and O–H groups in total. The summed E-state index contributed by atoms with van der Waals surface area (Å²) in [4.78, 5) is 33.0. The third kappa shape index (κ3) is 10.8. The number of hydrogen-bond acceptors (Lipinski definition) is 4. The Labute approximate surface area is 101 Å². The van der Waals surface area contributed by atoms with Gasteiger partial charge in [-0.3, -0.25) is 9.59 Å². The minimum Gasteiger partial charge on any atom is -0.383 e. The molecule has 0 radical (unpaired) electrons. The second-order valence-corrected chi connectivity index (χ2v) is 3.64. The molecule has 0 aromatic heterocycles. The second kappa shape index (κ2) is 9.77. The van der Waals surface area contributed by atoms with Gasteiger partial charge in [0, 0.05) is 39.5 Å². The van der Waals surface area contributed by atoms with E-state index in [1.807, 2.05) is 0 Å². The topological polar surface area (TPSA) is 84.5 Å². The van der Waals surface area contributed by atoms with E-state index < -0.39 is 0 Å². The van der Waals surface area contributed by atoms with Gasteiger partial charge in [-0.1, -0.05) is 0 Å². The maximum absolute atomic E-state index is 11.2. The third-order valence-electron chi connectivity index (χ3n) is 2.01. The molecule has 6 heteroatoms. The summed E-state index contributed by atoms with van der Waals surface area (Å²) in [6, 6.07) is 0. The summed E-state index contributed by atoms with van der Waals surface area (Å²) in [5, 5.41) is 5.21. The molecule has 0 fully saturated rings. The van der Waals surface area contributed by atoms with Gasteiger partial charge in [-0.2, -0.15) is 0 Å². The summed E-state index contributed by atoms with van der Waals surface area (Å²) in [5.41, 5.74) is 0. The van der Waals surface area contributed by atoms with Crippen molar-refractivity contribution < 1.29 is 19.1 Å². The SMILES string of the molecule is COCCNC(=O)CCNC(=O)CCC(C)=O. The molecule has 0 rings (SSSR count). The standard InChI is InChI=1S/C11H20N2O4/c1-9(14)3-4-10(15)12-6-5-11(16)13-7-8-17-2/h3-8H2,1-2H3,(H,12,15)(H,13,16). The molecular formula is C11H20N2O4. The molecule has 6 nitrogen and oxygen atoms in total. The van der Waals surface area contributed by atoms with Crippen molar-refractivity contribution in [2.75, 3.05) is 26.8 Å². The lowest BCUT2D eigenvalue weighted by Crippen LogP contribution is -2.32. The molecule has 2 amide bonds. The van der Waals surface area contributed by atoms with Crippen LogP contribution in [0.4, 0.5) is 0 Å².